The van der Waals surface area contributed by atoms with Gasteiger partial charge in [-0.05, 0) is 26.2 Å². The summed E-state index contributed by atoms with van der Waals surface area (Å²) >= 11 is 0. The maximum absolute atomic E-state index is 11.2. The van der Waals surface area contributed by atoms with Gasteiger partial charge in [0.2, 0.25) is 5.91 Å². The molecule has 1 fully saturated rings. The van der Waals surface area contributed by atoms with Crippen LogP contribution >= 0.6 is 0 Å². The van der Waals surface area contributed by atoms with Crippen molar-refractivity contribution in [1.82, 2.24) is 5.32 Å². The molecular formula is C10H19NO3. The highest BCUT2D eigenvalue weighted by Crippen LogP contribution is 2.10. The predicted molar refractivity (Wildman–Crippen MR) is 52.9 cm³/mol. The van der Waals surface area contributed by atoms with Gasteiger partial charge in [-0.15, -0.1) is 0 Å². The summed E-state index contributed by atoms with van der Waals surface area (Å²) in [6.07, 6.45) is 2.85. The van der Waals surface area contributed by atoms with Gasteiger partial charge in [-0.1, -0.05) is 0 Å². The largest absolute Gasteiger partial charge is 0.393 e. The second-order valence-corrected chi connectivity index (χ2v) is 3.83. The Hall–Kier alpha value is -0.610. The van der Waals surface area contributed by atoms with E-state index in [1.165, 1.54) is 0 Å². The summed E-state index contributed by atoms with van der Waals surface area (Å²) in [7, 11) is 0. The molecule has 0 saturated carbocycles. The highest BCUT2D eigenvalue weighted by molar-refractivity contribution is 5.75. The molecule has 0 aromatic carbocycles. The molecule has 2 unspecified atom stereocenters. The van der Waals surface area contributed by atoms with E-state index in [4.69, 9.17) is 9.84 Å². The van der Waals surface area contributed by atoms with Gasteiger partial charge >= 0.3 is 0 Å². The summed E-state index contributed by atoms with van der Waals surface area (Å²) in [5.74, 6) is 0.00130. The third-order valence-corrected chi connectivity index (χ3v) is 2.34. The van der Waals surface area contributed by atoms with Gasteiger partial charge in [0.1, 0.15) is 0 Å². The second kappa shape index (κ2) is 5.98. The zero-order chi connectivity index (χ0) is 10.4. The Morgan fingerprint density at radius 3 is 3.07 bits per heavy atom. The van der Waals surface area contributed by atoms with Crippen LogP contribution in [0.4, 0.5) is 0 Å². The van der Waals surface area contributed by atoms with Gasteiger partial charge in [0, 0.05) is 19.6 Å². The summed E-state index contributed by atoms with van der Waals surface area (Å²) in [5, 5.41) is 11.8. The van der Waals surface area contributed by atoms with E-state index in [1.54, 1.807) is 6.92 Å². The summed E-state index contributed by atoms with van der Waals surface area (Å²) in [6, 6.07) is 0. The van der Waals surface area contributed by atoms with Crippen molar-refractivity contribution in [2.45, 2.75) is 44.8 Å². The normalized spacial score (nSPS) is 23.4. The molecule has 2 atom stereocenters. The average molecular weight is 201 g/mol. The Balaban J connectivity index is 2.02. The molecule has 1 aliphatic rings. The fourth-order valence-electron chi connectivity index (χ4n) is 1.46. The van der Waals surface area contributed by atoms with Crippen LogP contribution in [0.25, 0.3) is 0 Å². The van der Waals surface area contributed by atoms with E-state index in [9.17, 15) is 4.79 Å². The van der Waals surface area contributed by atoms with Gasteiger partial charge in [0.05, 0.1) is 12.2 Å². The lowest BCUT2D eigenvalue weighted by molar-refractivity contribution is -0.122. The zero-order valence-corrected chi connectivity index (χ0v) is 8.66. The van der Waals surface area contributed by atoms with Crippen LogP contribution in [0, 0.1) is 0 Å². The first-order valence-corrected chi connectivity index (χ1v) is 5.25. The lowest BCUT2D eigenvalue weighted by Gasteiger charge is -2.10. The molecule has 0 aromatic heterocycles. The minimum Gasteiger partial charge on any atom is -0.393 e. The fraction of sp³-hybridized carbons (Fsp3) is 0.900. The number of ether oxygens (including phenoxy) is 1. The standard InChI is InChI=1S/C10H19NO3/c1-8(12)4-5-10(13)11-7-9-3-2-6-14-9/h8-9,12H,2-7H2,1H3,(H,11,13). The quantitative estimate of drug-likeness (QED) is 0.678. The maximum atomic E-state index is 11.2. The van der Waals surface area contributed by atoms with Crippen LogP contribution in [0.15, 0.2) is 0 Å². The van der Waals surface area contributed by atoms with Crippen molar-refractivity contribution in [3.05, 3.63) is 0 Å². The van der Waals surface area contributed by atoms with Gasteiger partial charge in [0.15, 0.2) is 0 Å². The Morgan fingerprint density at radius 2 is 2.50 bits per heavy atom. The SMILES string of the molecule is CC(O)CCC(=O)NCC1CCCO1. The lowest BCUT2D eigenvalue weighted by atomic mass is 10.2. The number of aliphatic hydroxyl groups is 1. The van der Waals surface area contributed by atoms with Crippen molar-refractivity contribution in [2.24, 2.45) is 0 Å². The first-order valence-electron chi connectivity index (χ1n) is 5.25. The number of nitrogens with one attached hydrogen (secondary N) is 1. The van der Waals surface area contributed by atoms with Gasteiger partial charge in [-0.25, -0.2) is 0 Å². The van der Waals surface area contributed by atoms with Crippen LogP contribution in [0.2, 0.25) is 0 Å². The first kappa shape index (κ1) is 11.5. The molecule has 0 spiro atoms. The molecule has 4 nitrogen and oxygen atoms in total. The highest BCUT2D eigenvalue weighted by Gasteiger charge is 2.15. The van der Waals surface area contributed by atoms with Gasteiger partial charge in [-0.3, -0.25) is 4.79 Å². The summed E-state index contributed by atoms with van der Waals surface area (Å²) < 4.78 is 5.36. The summed E-state index contributed by atoms with van der Waals surface area (Å²) in [5.41, 5.74) is 0. The Morgan fingerprint density at radius 1 is 1.71 bits per heavy atom. The third-order valence-electron chi connectivity index (χ3n) is 2.34. The Labute approximate surface area is 84.6 Å². The molecule has 1 amide bonds. The molecule has 1 heterocycles. The molecule has 1 saturated heterocycles. The van der Waals surface area contributed by atoms with E-state index in [2.05, 4.69) is 5.32 Å². The molecule has 1 rings (SSSR count). The molecule has 0 aromatic rings. The van der Waals surface area contributed by atoms with E-state index in [0.29, 0.717) is 19.4 Å². The van der Waals surface area contributed by atoms with Crippen LogP contribution in [0.3, 0.4) is 0 Å². The van der Waals surface area contributed by atoms with Crippen molar-refractivity contribution in [1.29, 1.82) is 0 Å². The summed E-state index contributed by atoms with van der Waals surface area (Å²) in [4.78, 5) is 11.2. The topological polar surface area (TPSA) is 58.6 Å². The predicted octanol–water partition coefficient (Wildman–Crippen LogP) is 0.443. The number of hydrogen-bond donors (Lipinski definition) is 2. The number of rotatable bonds is 5. The smallest absolute Gasteiger partial charge is 0.220 e. The summed E-state index contributed by atoms with van der Waals surface area (Å²) in [6.45, 7) is 3.11. The van der Waals surface area contributed by atoms with Crippen molar-refractivity contribution >= 4 is 5.91 Å². The number of carbonyl (C=O) groups excluding carboxylic acids is 1. The van der Waals surface area contributed by atoms with Crippen molar-refractivity contribution in [3.63, 3.8) is 0 Å². The van der Waals surface area contributed by atoms with Crippen molar-refractivity contribution < 1.29 is 14.6 Å². The van der Waals surface area contributed by atoms with Crippen LogP contribution < -0.4 is 5.32 Å². The lowest BCUT2D eigenvalue weighted by Crippen LogP contribution is -2.31. The molecule has 0 aliphatic carbocycles. The maximum Gasteiger partial charge on any atom is 0.220 e. The van der Waals surface area contributed by atoms with Gasteiger partial charge in [-0.2, -0.15) is 0 Å². The molecule has 1 aliphatic heterocycles. The Kier molecular flexibility index (Phi) is 4.90. The molecule has 14 heavy (non-hydrogen) atoms. The van der Waals surface area contributed by atoms with E-state index in [0.717, 1.165) is 19.4 Å². The number of amides is 1. The van der Waals surface area contributed by atoms with Gasteiger partial charge < -0.3 is 15.2 Å². The molecular weight excluding hydrogens is 182 g/mol. The monoisotopic (exact) mass is 201 g/mol. The van der Waals surface area contributed by atoms with Gasteiger partial charge in [0.25, 0.3) is 0 Å². The Bertz CT molecular complexity index is 176. The minimum atomic E-state index is -0.400. The van der Waals surface area contributed by atoms with E-state index in [1.807, 2.05) is 0 Å². The second-order valence-electron chi connectivity index (χ2n) is 3.83. The molecule has 2 N–H and O–H groups in total. The van der Waals surface area contributed by atoms with Crippen LogP contribution in [-0.4, -0.2) is 36.4 Å². The molecule has 0 bridgehead atoms. The van der Waals surface area contributed by atoms with Crippen molar-refractivity contribution in [2.75, 3.05) is 13.2 Å². The number of hydrogen-bond acceptors (Lipinski definition) is 3. The van der Waals surface area contributed by atoms with Crippen LogP contribution in [0.5, 0.6) is 0 Å². The average Bonchev–Trinajstić information content (AvgIpc) is 2.63. The molecule has 82 valence electrons. The van der Waals surface area contributed by atoms with Crippen LogP contribution in [0.1, 0.15) is 32.6 Å². The number of carbonyl (C=O) groups is 1. The van der Waals surface area contributed by atoms with Crippen molar-refractivity contribution in [3.8, 4) is 0 Å². The van der Waals surface area contributed by atoms with E-state index in [-0.39, 0.29) is 12.0 Å². The first-order chi connectivity index (χ1) is 6.68. The minimum absolute atomic E-state index is 0.00130. The van der Waals surface area contributed by atoms with E-state index < -0.39 is 6.10 Å². The molecule has 4 heteroatoms. The van der Waals surface area contributed by atoms with Crippen LogP contribution in [-0.2, 0) is 9.53 Å². The number of aliphatic hydroxyl groups excluding tert-OH is 1. The third kappa shape index (κ3) is 4.58. The zero-order valence-electron chi connectivity index (χ0n) is 8.66. The highest BCUT2D eigenvalue weighted by atomic mass is 16.5. The fourth-order valence-corrected chi connectivity index (χ4v) is 1.46. The van der Waals surface area contributed by atoms with E-state index >= 15 is 0 Å². The molecule has 0 radical (unpaired) electrons.